The van der Waals surface area contributed by atoms with Crippen molar-refractivity contribution in [2.45, 2.75) is 44.9 Å². The Morgan fingerprint density at radius 3 is 2.27 bits per heavy atom. The van der Waals surface area contributed by atoms with E-state index >= 15 is 0 Å². The van der Waals surface area contributed by atoms with E-state index in [9.17, 15) is 9.18 Å². The summed E-state index contributed by atoms with van der Waals surface area (Å²) in [5.74, 6) is -0.305. The maximum absolute atomic E-state index is 13.7. The van der Waals surface area contributed by atoms with E-state index in [2.05, 4.69) is 41.0 Å². The van der Waals surface area contributed by atoms with Crippen LogP contribution in [0, 0.1) is 5.82 Å². The number of carbonyl (C=O) groups excluding carboxylic acids is 1. The fraction of sp³-hybridized carbons (Fsp3) is 0.406. The fourth-order valence-corrected chi connectivity index (χ4v) is 5.36. The molecule has 1 atom stereocenters. The molecule has 37 heavy (non-hydrogen) atoms. The van der Waals surface area contributed by atoms with Gasteiger partial charge in [-0.3, -0.25) is 9.69 Å². The van der Waals surface area contributed by atoms with E-state index in [1.807, 2.05) is 43.3 Å². The topological polar surface area (TPSA) is 32.8 Å². The number of anilines is 1. The molecule has 4 rings (SSSR count). The maximum atomic E-state index is 13.7. The largest absolute Gasteiger partial charge is 0.465 e. The molecule has 1 saturated heterocycles. The summed E-state index contributed by atoms with van der Waals surface area (Å²) in [6.07, 6.45) is 3.29. The standard InChI is InChI=1S/C32H39FN2O2/c1-3-23-37-31(36)32(4-2,28-13-6-5-7-14-28)17-10-18-34-19-21-35(22-20-34)30-16-9-12-27(25-30)26-11-8-15-29(33)24-26/h5-9,11-16,24-25H,3-4,10,17-23H2,1-2H3. The highest BCUT2D eigenvalue weighted by atomic mass is 19.1. The van der Waals surface area contributed by atoms with Crippen LogP contribution in [0.2, 0.25) is 0 Å². The van der Waals surface area contributed by atoms with Gasteiger partial charge in [0.2, 0.25) is 0 Å². The number of hydrogen-bond acceptors (Lipinski definition) is 4. The van der Waals surface area contributed by atoms with Crippen molar-refractivity contribution in [2.75, 3.05) is 44.2 Å². The van der Waals surface area contributed by atoms with Crippen molar-refractivity contribution in [3.63, 3.8) is 0 Å². The van der Waals surface area contributed by atoms with E-state index < -0.39 is 5.41 Å². The second-order valence-electron chi connectivity index (χ2n) is 9.93. The summed E-state index contributed by atoms with van der Waals surface area (Å²) in [6, 6.07) is 25.3. The highest BCUT2D eigenvalue weighted by molar-refractivity contribution is 5.83. The molecule has 1 heterocycles. The van der Waals surface area contributed by atoms with Crippen LogP contribution in [0.3, 0.4) is 0 Å². The van der Waals surface area contributed by atoms with Gasteiger partial charge in [0.15, 0.2) is 0 Å². The molecule has 196 valence electrons. The quantitative estimate of drug-likeness (QED) is 0.273. The SMILES string of the molecule is CCCOC(=O)C(CC)(CCCN1CCN(c2cccc(-c3cccc(F)c3)c2)CC1)c1ccccc1. The molecule has 4 nitrogen and oxygen atoms in total. The van der Waals surface area contributed by atoms with Gasteiger partial charge in [0, 0.05) is 31.9 Å². The predicted octanol–water partition coefficient (Wildman–Crippen LogP) is 6.70. The van der Waals surface area contributed by atoms with E-state index in [-0.39, 0.29) is 11.8 Å². The van der Waals surface area contributed by atoms with Crippen molar-refractivity contribution in [3.05, 3.63) is 90.2 Å². The van der Waals surface area contributed by atoms with E-state index in [1.165, 1.54) is 11.8 Å². The van der Waals surface area contributed by atoms with Gasteiger partial charge < -0.3 is 9.64 Å². The summed E-state index contributed by atoms with van der Waals surface area (Å²) >= 11 is 0. The van der Waals surface area contributed by atoms with Crippen LogP contribution in [0.1, 0.15) is 45.1 Å². The van der Waals surface area contributed by atoms with Crippen LogP contribution in [0.15, 0.2) is 78.9 Å². The minimum absolute atomic E-state index is 0.0916. The van der Waals surface area contributed by atoms with Gasteiger partial charge in [-0.05, 0) is 73.2 Å². The zero-order chi connectivity index (χ0) is 26.1. The minimum atomic E-state index is -0.588. The number of piperazine rings is 1. The van der Waals surface area contributed by atoms with Gasteiger partial charge in [-0.15, -0.1) is 0 Å². The lowest BCUT2D eigenvalue weighted by Crippen LogP contribution is -2.47. The Bertz CT molecular complexity index is 1140. The Morgan fingerprint density at radius 2 is 1.59 bits per heavy atom. The summed E-state index contributed by atoms with van der Waals surface area (Å²) in [5.41, 5.74) is 3.58. The Labute approximate surface area is 221 Å². The molecule has 0 spiro atoms. The summed E-state index contributed by atoms with van der Waals surface area (Å²) in [4.78, 5) is 18.1. The monoisotopic (exact) mass is 502 g/mol. The zero-order valence-electron chi connectivity index (χ0n) is 22.2. The third kappa shape index (κ3) is 6.58. The third-order valence-electron chi connectivity index (χ3n) is 7.58. The van der Waals surface area contributed by atoms with Gasteiger partial charge in [-0.25, -0.2) is 4.39 Å². The smallest absolute Gasteiger partial charge is 0.316 e. The van der Waals surface area contributed by atoms with Crippen molar-refractivity contribution in [2.24, 2.45) is 0 Å². The molecular weight excluding hydrogens is 463 g/mol. The van der Waals surface area contributed by atoms with E-state index in [1.54, 1.807) is 12.1 Å². The molecule has 1 fully saturated rings. The summed E-state index contributed by atoms with van der Waals surface area (Å²) < 4.78 is 19.4. The Balaban J connectivity index is 1.34. The first-order valence-corrected chi connectivity index (χ1v) is 13.6. The average molecular weight is 503 g/mol. The summed E-state index contributed by atoms with van der Waals surface area (Å²) in [6.45, 7) is 9.41. The fourth-order valence-electron chi connectivity index (χ4n) is 5.36. The number of benzene rings is 3. The second kappa shape index (κ2) is 12.9. The lowest BCUT2D eigenvalue weighted by atomic mass is 9.74. The molecule has 0 bridgehead atoms. The first kappa shape index (κ1) is 26.9. The molecule has 1 aliphatic rings. The van der Waals surface area contributed by atoms with Gasteiger partial charge in [-0.1, -0.05) is 68.4 Å². The van der Waals surface area contributed by atoms with E-state index in [0.29, 0.717) is 6.61 Å². The van der Waals surface area contributed by atoms with Crippen LogP contribution in [0.4, 0.5) is 10.1 Å². The highest BCUT2D eigenvalue weighted by Gasteiger charge is 2.39. The lowest BCUT2D eigenvalue weighted by molar-refractivity contribution is -0.151. The van der Waals surface area contributed by atoms with Crippen LogP contribution in [0.5, 0.6) is 0 Å². The summed E-state index contributed by atoms with van der Waals surface area (Å²) in [5, 5.41) is 0. The molecule has 0 amide bonds. The van der Waals surface area contributed by atoms with Crippen LogP contribution in [-0.2, 0) is 14.9 Å². The van der Waals surface area contributed by atoms with Gasteiger partial charge in [0.05, 0.1) is 12.0 Å². The van der Waals surface area contributed by atoms with E-state index in [4.69, 9.17) is 4.74 Å². The first-order valence-electron chi connectivity index (χ1n) is 13.6. The highest BCUT2D eigenvalue weighted by Crippen LogP contribution is 2.35. The Morgan fingerprint density at radius 1 is 0.892 bits per heavy atom. The van der Waals surface area contributed by atoms with Crippen molar-refractivity contribution >= 4 is 11.7 Å². The number of rotatable bonds is 11. The van der Waals surface area contributed by atoms with Gasteiger partial charge in [-0.2, -0.15) is 0 Å². The average Bonchev–Trinajstić information content (AvgIpc) is 2.95. The van der Waals surface area contributed by atoms with Crippen molar-refractivity contribution in [1.29, 1.82) is 0 Å². The molecule has 5 heteroatoms. The van der Waals surface area contributed by atoms with Crippen molar-refractivity contribution in [1.82, 2.24) is 4.90 Å². The molecule has 0 aliphatic carbocycles. The Kier molecular flexibility index (Phi) is 9.34. The molecule has 0 saturated carbocycles. The summed E-state index contributed by atoms with van der Waals surface area (Å²) in [7, 11) is 0. The maximum Gasteiger partial charge on any atom is 0.316 e. The van der Waals surface area contributed by atoms with Crippen LogP contribution in [-0.4, -0.2) is 50.2 Å². The number of hydrogen-bond donors (Lipinski definition) is 0. The number of ether oxygens (including phenoxy) is 1. The van der Waals surface area contributed by atoms with Gasteiger partial charge in [0.1, 0.15) is 5.82 Å². The molecule has 0 radical (unpaired) electrons. The lowest BCUT2D eigenvalue weighted by Gasteiger charge is -2.37. The minimum Gasteiger partial charge on any atom is -0.465 e. The molecule has 3 aromatic carbocycles. The number of halogens is 1. The molecule has 1 aliphatic heterocycles. The van der Waals surface area contributed by atoms with Crippen LogP contribution >= 0.6 is 0 Å². The van der Waals surface area contributed by atoms with Crippen molar-refractivity contribution < 1.29 is 13.9 Å². The number of carbonyl (C=O) groups is 1. The molecule has 0 aromatic heterocycles. The normalized spacial score (nSPS) is 15.8. The molecule has 3 aromatic rings. The molecule has 0 N–H and O–H groups in total. The van der Waals surface area contributed by atoms with Crippen LogP contribution in [0.25, 0.3) is 11.1 Å². The van der Waals surface area contributed by atoms with Gasteiger partial charge >= 0.3 is 5.97 Å². The molecule has 1 unspecified atom stereocenters. The van der Waals surface area contributed by atoms with Gasteiger partial charge in [0.25, 0.3) is 0 Å². The first-order chi connectivity index (χ1) is 18.1. The second-order valence-corrected chi connectivity index (χ2v) is 9.93. The molecular formula is C32H39FN2O2. The van der Waals surface area contributed by atoms with E-state index in [0.717, 1.165) is 75.1 Å². The number of nitrogens with zero attached hydrogens (tertiary/aromatic N) is 2. The Hall–Kier alpha value is -3.18. The van der Waals surface area contributed by atoms with Crippen LogP contribution < -0.4 is 4.90 Å². The third-order valence-corrected chi connectivity index (χ3v) is 7.58. The zero-order valence-corrected chi connectivity index (χ0v) is 22.2. The number of esters is 1. The van der Waals surface area contributed by atoms with Crippen molar-refractivity contribution in [3.8, 4) is 11.1 Å². The predicted molar refractivity (Wildman–Crippen MR) is 149 cm³/mol.